The van der Waals surface area contributed by atoms with Crippen molar-refractivity contribution in [2.45, 2.75) is 0 Å². The van der Waals surface area contributed by atoms with Gasteiger partial charge in [0.25, 0.3) is 11.7 Å². The second kappa shape index (κ2) is 5.01. The molecule has 19 heavy (non-hydrogen) atoms. The number of hydrogen-bond donors (Lipinski definition) is 0. The molecule has 1 aromatic rings. The van der Waals surface area contributed by atoms with E-state index in [1.165, 1.54) is 4.90 Å². The van der Waals surface area contributed by atoms with E-state index in [2.05, 4.69) is 9.80 Å². The number of rotatable bonds is 4. The summed E-state index contributed by atoms with van der Waals surface area (Å²) in [7, 11) is 7.70. The molecule has 0 fully saturated rings. The molecule has 0 saturated carbocycles. The summed E-state index contributed by atoms with van der Waals surface area (Å²) < 4.78 is 0. The Morgan fingerprint density at radius 1 is 1.11 bits per heavy atom. The minimum Gasteiger partial charge on any atom is -0.373 e. The molecule has 0 atom stereocenters. The molecule has 0 unspecified atom stereocenters. The SMILES string of the molecule is CN(C)CCN(C)c1ccc2c(c1)N(C)C(=O)C2=O. The van der Waals surface area contributed by atoms with Crippen molar-refractivity contribution < 1.29 is 9.59 Å². The van der Waals surface area contributed by atoms with E-state index >= 15 is 0 Å². The number of fused-ring (bicyclic) bond motifs is 1. The normalized spacial score (nSPS) is 14.3. The number of carbonyl (C=O) groups is 2. The Balaban J connectivity index is 2.23. The van der Waals surface area contributed by atoms with Gasteiger partial charge in [-0.15, -0.1) is 0 Å². The van der Waals surface area contributed by atoms with E-state index < -0.39 is 11.7 Å². The number of carbonyl (C=O) groups excluding carboxylic acids is 2. The molecule has 1 amide bonds. The van der Waals surface area contributed by atoms with Gasteiger partial charge in [0.1, 0.15) is 0 Å². The van der Waals surface area contributed by atoms with Gasteiger partial charge >= 0.3 is 0 Å². The zero-order valence-corrected chi connectivity index (χ0v) is 11.8. The Hall–Kier alpha value is -1.88. The van der Waals surface area contributed by atoms with Crippen LogP contribution in [-0.2, 0) is 4.79 Å². The lowest BCUT2D eigenvalue weighted by atomic mass is 10.1. The third kappa shape index (κ3) is 2.46. The Morgan fingerprint density at radius 3 is 2.42 bits per heavy atom. The van der Waals surface area contributed by atoms with Crippen LogP contribution in [0.15, 0.2) is 18.2 Å². The van der Waals surface area contributed by atoms with Crippen molar-refractivity contribution in [1.82, 2.24) is 4.90 Å². The van der Waals surface area contributed by atoms with Crippen LogP contribution in [0.2, 0.25) is 0 Å². The number of hydrogen-bond acceptors (Lipinski definition) is 4. The van der Waals surface area contributed by atoms with Crippen LogP contribution in [-0.4, -0.2) is 57.9 Å². The van der Waals surface area contributed by atoms with Gasteiger partial charge in [-0.1, -0.05) is 0 Å². The largest absolute Gasteiger partial charge is 0.373 e. The van der Waals surface area contributed by atoms with E-state index in [9.17, 15) is 9.59 Å². The van der Waals surface area contributed by atoms with Gasteiger partial charge in [-0.3, -0.25) is 9.59 Å². The molecule has 1 aromatic carbocycles. The third-order valence-corrected chi connectivity index (χ3v) is 3.41. The number of benzene rings is 1. The summed E-state index contributed by atoms with van der Waals surface area (Å²) in [6.07, 6.45) is 0. The van der Waals surface area contributed by atoms with E-state index in [1.807, 2.05) is 33.3 Å². The molecule has 0 bridgehead atoms. The molecule has 0 aliphatic carbocycles. The van der Waals surface area contributed by atoms with Crippen LogP contribution in [0.3, 0.4) is 0 Å². The van der Waals surface area contributed by atoms with Gasteiger partial charge in [-0.2, -0.15) is 0 Å². The Bertz CT molecular complexity index is 525. The second-order valence-corrected chi connectivity index (χ2v) is 5.12. The number of Topliss-reactive ketones (excluding diaryl/α,β-unsaturated/α-hetero) is 1. The molecule has 0 radical (unpaired) electrons. The predicted octanol–water partition coefficient (Wildman–Crippen LogP) is 0.843. The number of nitrogens with zero attached hydrogens (tertiary/aromatic N) is 3. The van der Waals surface area contributed by atoms with E-state index in [4.69, 9.17) is 0 Å². The molecule has 102 valence electrons. The Labute approximate surface area is 113 Å². The first-order chi connectivity index (χ1) is 8.91. The van der Waals surface area contributed by atoms with E-state index in [0.29, 0.717) is 11.3 Å². The standard InChI is InChI=1S/C14H19N3O2/c1-15(2)7-8-16(3)10-5-6-11-12(9-10)17(4)14(19)13(11)18/h5-6,9H,7-8H2,1-4H3. The van der Waals surface area contributed by atoms with Crippen LogP contribution >= 0.6 is 0 Å². The highest BCUT2D eigenvalue weighted by atomic mass is 16.2. The highest BCUT2D eigenvalue weighted by Crippen LogP contribution is 2.31. The fourth-order valence-electron chi connectivity index (χ4n) is 2.08. The molecule has 0 spiro atoms. The maximum absolute atomic E-state index is 11.7. The first-order valence-corrected chi connectivity index (χ1v) is 6.24. The van der Waals surface area contributed by atoms with Crippen molar-refractivity contribution in [1.29, 1.82) is 0 Å². The average molecular weight is 261 g/mol. The van der Waals surface area contributed by atoms with Gasteiger partial charge in [0.2, 0.25) is 0 Å². The number of ketones is 1. The molecule has 0 aromatic heterocycles. The lowest BCUT2D eigenvalue weighted by Gasteiger charge is -2.22. The van der Waals surface area contributed by atoms with Crippen molar-refractivity contribution in [3.05, 3.63) is 23.8 Å². The fraction of sp³-hybridized carbons (Fsp3) is 0.429. The minimum atomic E-state index is -0.455. The lowest BCUT2D eigenvalue weighted by Crippen LogP contribution is -2.28. The van der Waals surface area contributed by atoms with Gasteiger partial charge in [-0.05, 0) is 32.3 Å². The van der Waals surface area contributed by atoms with Crippen LogP contribution in [0.25, 0.3) is 0 Å². The summed E-state index contributed by atoms with van der Waals surface area (Å²) >= 11 is 0. The number of likely N-dealkylation sites (N-methyl/N-ethyl adjacent to an activating group) is 3. The van der Waals surface area contributed by atoms with Gasteiger partial charge in [0.15, 0.2) is 0 Å². The quantitative estimate of drug-likeness (QED) is 0.754. The number of amides is 1. The maximum Gasteiger partial charge on any atom is 0.299 e. The third-order valence-electron chi connectivity index (χ3n) is 3.41. The Morgan fingerprint density at radius 2 is 1.79 bits per heavy atom. The molecule has 1 aliphatic heterocycles. The molecule has 5 heteroatoms. The van der Waals surface area contributed by atoms with Crippen LogP contribution in [0.5, 0.6) is 0 Å². The first kappa shape index (κ1) is 13.5. The van der Waals surface area contributed by atoms with Gasteiger partial charge in [-0.25, -0.2) is 0 Å². The van der Waals surface area contributed by atoms with Crippen LogP contribution in [0.4, 0.5) is 11.4 Å². The van der Waals surface area contributed by atoms with Crippen LogP contribution in [0, 0.1) is 0 Å². The van der Waals surface area contributed by atoms with Gasteiger partial charge < -0.3 is 14.7 Å². The van der Waals surface area contributed by atoms with E-state index in [0.717, 1.165) is 18.8 Å². The molecule has 1 aliphatic rings. The van der Waals surface area contributed by atoms with E-state index in [-0.39, 0.29) is 0 Å². The van der Waals surface area contributed by atoms with Gasteiger partial charge in [0, 0.05) is 32.9 Å². The summed E-state index contributed by atoms with van der Waals surface area (Å²) in [5.41, 5.74) is 2.21. The average Bonchev–Trinajstić information content (AvgIpc) is 2.61. The zero-order chi connectivity index (χ0) is 14.2. The van der Waals surface area contributed by atoms with Crippen molar-refractivity contribution in [3.63, 3.8) is 0 Å². The summed E-state index contributed by atoms with van der Waals surface area (Å²) in [6.45, 7) is 1.83. The summed E-state index contributed by atoms with van der Waals surface area (Å²) in [5, 5.41) is 0. The summed E-state index contributed by atoms with van der Waals surface area (Å²) in [4.78, 5) is 29.0. The molecule has 1 heterocycles. The second-order valence-electron chi connectivity index (χ2n) is 5.12. The van der Waals surface area contributed by atoms with Crippen molar-refractivity contribution in [2.75, 3.05) is 51.1 Å². The minimum absolute atomic E-state index is 0.417. The first-order valence-electron chi connectivity index (χ1n) is 6.24. The van der Waals surface area contributed by atoms with Crippen molar-refractivity contribution in [2.24, 2.45) is 0 Å². The zero-order valence-electron chi connectivity index (χ0n) is 11.8. The fourth-order valence-corrected chi connectivity index (χ4v) is 2.08. The van der Waals surface area contributed by atoms with Gasteiger partial charge in [0.05, 0.1) is 11.3 Å². The summed E-state index contributed by atoms with van der Waals surface area (Å²) in [6, 6.07) is 5.52. The molecule has 2 rings (SSSR count). The van der Waals surface area contributed by atoms with Crippen molar-refractivity contribution >= 4 is 23.1 Å². The topological polar surface area (TPSA) is 43.9 Å². The smallest absolute Gasteiger partial charge is 0.299 e. The monoisotopic (exact) mass is 261 g/mol. The molecular weight excluding hydrogens is 242 g/mol. The molecule has 0 N–H and O–H groups in total. The van der Waals surface area contributed by atoms with Crippen LogP contribution in [0.1, 0.15) is 10.4 Å². The molecular formula is C14H19N3O2. The summed E-state index contributed by atoms with van der Waals surface area (Å²) in [5.74, 6) is -0.872. The van der Waals surface area contributed by atoms with Crippen LogP contribution < -0.4 is 9.80 Å². The molecule has 5 nitrogen and oxygen atoms in total. The predicted molar refractivity (Wildman–Crippen MR) is 76.0 cm³/mol. The molecule has 0 saturated heterocycles. The van der Waals surface area contributed by atoms with Crippen molar-refractivity contribution in [3.8, 4) is 0 Å². The highest BCUT2D eigenvalue weighted by Gasteiger charge is 2.33. The maximum atomic E-state index is 11.7. The Kier molecular flexibility index (Phi) is 3.57. The number of anilines is 2. The van der Waals surface area contributed by atoms with E-state index in [1.54, 1.807) is 13.1 Å². The highest BCUT2D eigenvalue weighted by molar-refractivity contribution is 6.52. The lowest BCUT2D eigenvalue weighted by molar-refractivity contribution is -0.114.